The Morgan fingerprint density at radius 1 is 0.870 bits per heavy atom. The van der Waals surface area contributed by atoms with Crippen LogP contribution in [0.2, 0.25) is 0 Å². The zero-order valence-electron chi connectivity index (χ0n) is 15.8. The molecule has 2 saturated carbocycles. The lowest BCUT2D eigenvalue weighted by Crippen LogP contribution is -2.28. The van der Waals surface area contributed by atoms with Crippen LogP contribution in [-0.4, -0.2) is 12.7 Å². The van der Waals surface area contributed by atoms with Gasteiger partial charge >= 0.3 is 0 Å². The Hall–Kier alpha value is -0.300. The van der Waals surface area contributed by atoms with Gasteiger partial charge in [-0.1, -0.05) is 44.8 Å². The molecule has 0 aromatic carbocycles. The molecule has 0 aromatic heterocycles. The number of rotatable bonds is 9. The topological polar surface area (TPSA) is 9.23 Å². The van der Waals surface area contributed by atoms with E-state index in [1.807, 2.05) is 0 Å². The third-order valence-corrected chi connectivity index (χ3v) is 6.35. The summed E-state index contributed by atoms with van der Waals surface area (Å²) >= 11 is 0. The van der Waals surface area contributed by atoms with E-state index in [-0.39, 0.29) is 0 Å². The fourth-order valence-electron chi connectivity index (χ4n) is 4.76. The van der Waals surface area contributed by atoms with Gasteiger partial charge < -0.3 is 4.74 Å². The lowest BCUT2D eigenvalue weighted by Gasteiger charge is -2.37. The van der Waals surface area contributed by atoms with Crippen molar-refractivity contribution in [3.63, 3.8) is 0 Å². The molecule has 1 nitrogen and oxygen atoms in total. The molecule has 2 aliphatic rings. The van der Waals surface area contributed by atoms with Crippen molar-refractivity contribution in [1.82, 2.24) is 0 Å². The summed E-state index contributed by atoms with van der Waals surface area (Å²) in [4.78, 5) is 0. The van der Waals surface area contributed by atoms with Gasteiger partial charge in [0.2, 0.25) is 0 Å². The van der Waals surface area contributed by atoms with Gasteiger partial charge in [-0.3, -0.25) is 0 Å². The van der Waals surface area contributed by atoms with Gasteiger partial charge in [-0.25, -0.2) is 0 Å². The highest BCUT2D eigenvalue weighted by atomic mass is 16.5. The monoisotopic (exact) mass is 320 g/mol. The Morgan fingerprint density at radius 2 is 1.52 bits per heavy atom. The molecule has 0 amide bonds. The second kappa shape index (κ2) is 11.3. The summed E-state index contributed by atoms with van der Waals surface area (Å²) in [6.45, 7) is 5.37. The SMILES string of the molecule is C/C=C\CCC[C@H]1CC[C@H]([C@H]2CC[C@H](OCCCC)CC2)CC1. The summed E-state index contributed by atoms with van der Waals surface area (Å²) in [5.41, 5.74) is 0. The summed E-state index contributed by atoms with van der Waals surface area (Å²) in [6.07, 6.45) is 23.3. The maximum absolute atomic E-state index is 6.03. The summed E-state index contributed by atoms with van der Waals surface area (Å²) in [5, 5.41) is 0. The Balaban J connectivity index is 1.57. The van der Waals surface area contributed by atoms with Crippen LogP contribution in [0.1, 0.15) is 97.3 Å². The molecule has 23 heavy (non-hydrogen) atoms. The molecule has 0 saturated heterocycles. The fraction of sp³-hybridized carbons (Fsp3) is 0.909. The average molecular weight is 321 g/mol. The van der Waals surface area contributed by atoms with Crippen molar-refractivity contribution in [2.45, 2.75) is 103 Å². The number of unbranched alkanes of at least 4 members (excludes halogenated alkanes) is 2. The highest BCUT2D eigenvalue weighted by Gasteiger charge is 2.30. The van der Waals surface area contributed by atoms with Crippen molar-refractivity contribution >= 4 is 0 Å². The molecule has 0 heterocycles. The molecule has 0 bridgehead atoms. The summed E-state index contributed by atoms with van der Waals surface area (Å²) in [6, 6.07) is 0. The summed E-state index contributed by atoms with van der Waals surface area (Å²) in [5.74, 6) is 3.09. The van der Waals surface area contributed by atoms with Crippen molar-refractivity contribution in [3.8, 4) is 0 Å². The van der Waals surface area contributed by atoms with Crippen LogP contribution < -0.4 is 0 Å². The molecule has 0 aliphatic heterocycles. The molecule has 0 spiro atoms. The van der Waals surface area contributed by atoms with Crippen molar-refractivity contribution in [3.05, 3.63) is 12.2 Å². The zero-order chi connectivity index (χ0) is 16.3. The molecular formula is C22H40O. The van der Waals surface area contributed by atoms with E-state index < -0.39 is 0 Å². The normalized spacial score (nSPS) is 32.4. The van der Waals surface area contributed by atoms with Crippen molar-refractivity contribution in [2.24, 2.45) is 17.8 Å². The zero-order valence-corrected chi connectivity index (χ0v) is 15.8. The Bertz CT molecular complexity index is 306. The first kappa shape index (κ1) is 19.0. The molecular weight excluding hydrogens is 280 g/mol. The standard InChI is InChI=1S/C22H40O/c1-3-5-7-8-9-19-10-12-20(13-11-19)21-14-16-22(17-15-21)23-18-6-4-2/h3,5,19-22H,4,6-18H2,1-2H3/b5-3-/t19-,20-,21-,22-. The van der Waals surface area contributed by atoms with Gasteiger partial charge in [-0.2, -0.15) is 0 Å². The number of ether oxygens (including phenoxy) is 1. The van der Waals surface area contributed by atoms with Crippen LogP contribution >= 0.6 is 0 Å². The molecule has 0 N–H and O–H groups in total. The van der Waals surface area contributed by atoms with Gasteiger partial charge in [0, 0.05) is 6.61 Å². The molecule has 0 unspecified atom stereocenters. The Morgan fingerprint density at radius 3 is 2.13 bits per heavy atom. The molecule has 2 rings (SSSR count). The minimum atomic E-state index is 0.584. The van der Waals surface area contributed by atoms with E-state index in [0.717, 1.165) is 24.4 Å². The lowest BCUT2D eigenvalue weighted by atomic mass is 9.70. The second-order valence-electron chi connectivity index (χ2n) is 8.04. The van der Waals surface area contributed by atoms with Crippen LogP contribution in [-0.2, 0) is 4.74 Å². The summed E-state index contributed by atoms with van der Waals surface area (Å²) in [7, 11) is 0. The third-order valence-electron chi connectivity index (χ3n) is 6.35. The van der Waals surface area contributed by atoms with Crippen molar-refractivity contribution in [2.75, 3.05) is 6.61 Å². The molecule has 2 fully saturated rings. The minimum Gasteiger partial charge on any atom is -0.378 e. The molecule has 2 aliphatic carbocycles. The van der Waals surface area contributed by atoms with Crippen LogP contribution in [0.4, 0.5) is 0 Å². The predicted molar refractivity (Wildman–Crippen MR) is 101 cm³/mol. The van der Waals surface area contributed by atoms with E-state index in [1.165, 1.54) is 83.5 Å². The lowest BCUT2D eigenvalue weighted by molar-refractivity contribution is 0.00577. The van der Waals surface area contributed by atoms with E-state index in [4.69, 9.17) is 4.74 Å². The van der Waals surface area contributed by atoms with E-state index >= 15 is 0 Å². The maximum atomic E-state index is 6.03. The van der Waals surface area contributed by atoms with E-state index in [1.54, 1.807) is 0 Å². The molecule has 0 radical (unpaired) electrons. The highest BCUT2D eigenvalue weighted by Crippen LogP contribution is 2.41. The Labute approximate surface area is 145 Å². The average Bonchev–Trinajstić information content (AvgIpc) is 2.60. The highest BCUT2D eigenvalue weighted by molar-refractivity contribution is 4.83. The van der Waals surface area contributed by atoms with Crippen LogP contribution in [0.5, 0.6) is 0 Å². The van der Waals surface area contributed by atoms with Gasteiger partial charge in [0.1, 0.15) is 0 Å². The second-order valence-corrected chi connectivity index (χ2v) is 8.04. The molecule has 1 heteroatoms. The molecule has 134 valence electrons. The van der Waals surface area contributed by atoms with E-state index in [0.29, 0.717) is 6.10 Å². The van der Waals surface area contributed by atoms with Crippen LogP contribution in [0, 0.1) is 17.8 Å². The molecule has 0 aromatic rings. The first-order valence-corrected chi connectivity index (χ1v) is 10.6. The predicted octanol–water partition coefficient (Wildman–Crippen LogP) is 6.91. The largest absolute Gasteiger partial charge is 0.378 e. The number of allylic oxidation sites excluding steroid dienone is 2. The van der Waals surface area contributed by atoms with Gasteiger partial charge in [0.15, 0.2) is 0 Å². The first-order chi connectivity index (χ1) is 11.3. The quantitative estimate of drug-likeness (QED) is 0.331. The third kappa shape index (κ3) is 6.99. The van der Waals surface area contributed by atoms with Crippen LogP contribution in [0.15, 0.2) is 12.2 Å². The minimum absolute atomic E-state index is 0.584. The van der Waals surface area contributed by atoms with Crippen molar-refractivity contribution in [1.29, 1.82) is 0 Å². The Kier molecular flexibility index (Phi) is 9.34. The van der Waals surface area contributed by atoms with Gasteiger partial charge in [-0.05, 0) is 82.5 Å². The van der Waals surface area contributed by atoms with E-state index in [2.05, 4.69) is 26.0 Å². The van der Waals surface area contributed by atoms with Crippen molar-refractivity contribution < 1.29 is 4.74 Å². The molecule has 0 atom stereocenters. The fourth-order valence-corrected chi connectivity index (χ4v) is 4.76. The van der Waals surface area contributed by atoms with Crippen LogP contribution in [0.3, 0.4) is 0 Å². The number of hydrogen-bond donors (Lipinski definition) is 0. The van der Waals surface area contributed by atoms with Gasteiger partial charge in [-0.15, -0.1) is 0 Å². The smallest absolute Gasteiger partial charge is 0.0575 e. The number of hydrogen-bond acceptors (Lipinski definition) is 1. The van der Waals surface area contributed by atoms with Gasteiger partial charge in [0.25, 0.3) is 0 Å². The summed E-state index contributed by atoms with van der Waals surface area (Å²) < 4.78 is 6.03. The van der Waals surface area contributed by atoms with E-state index in [9.17, 15) is 0 Å². The van der Waals surface area contributed by atoms with Gasteiger partial charge in [0.05, 0.1) is 6.10 Å². The van der Waals surface area contributed by atoms with Crippen LogP contribution in [0.25, 0.3) is 0 Å². The first-order valence-electron chi connectivity index (χ1n) is 10.6. The maximum Gasteiger partial charge on any atom is 0.0575 e.